The Morgan fingerprint density at radius 2 is 0.588 bits per heavy atom. The Hall–Kier alpha value is -9.40. The Labute approximate surface area is 391 Å². The van der Waals surface area contributed by atoms with Crippen LogP contribution >= 0.6 is 0 Å². The first-order chi connectivity index (χ1) is 33.7. The van der Waals surface area contributed by atoms with Gasteiger partial charge >= 0.3 is 0 Å². The van der Waals surface area contributed by atoms with Crippen molar-refractivity contribution >= 4 is 43.6 Å². The first-order valence-electron chi connectivity index (χ1n) is 22.6. The molecule has 0 spiro atoms. The maximum Gasteiger partial charge on any atom is 0.238 e. The Morgan fingerprint density at radius 3 is 1.13 bits per heavy atom. The van der Waals surface area contributed by atoms with Gasteiger partial charge in [0.05, 0.1) is 22.1 Å². The molecule has 0 N–H and O–H groups in total. The summed E-state index contributed by atoms with van der Waals surface area (Å²) in [6.07, 6.45) is 0. The minimum atomic E-state index is 0.504. The van der Waals surface area contributed by atoms with Crippen LogP contribution in [0.2, 0.25) is 0 Å². The minimum absolute atomic E-state index is 0.504. The summed E-state index contributed by atoms with van der Waals surface area (Å²) in [5, 5.41) is 4.51. The molecule has 0 fully saturated rings. The fourth-order valence-corrected chi connectivity index (χ4v) is 9.45. The topological polar surface area (TPSA) is 87.2 Å². The zero-order valence-electron chi connectivity index (χ0n) is 36.5. The third kappa shape index (κ3) is 6.70. The van der Waals surface area contributed by atoms with Gasteiger partial charge in [0.2, 0.25) is 5.95 Å². The van der Waals surface area contributed by atoms with E-state index in [0.29, 0.717) is 35.1 Å². The first kappa shape index (κ1) is 39.0. The molecule has 0 saturated carbocycles. The Balaban J connectivity index is 1.06. The monoisotopic (exact) mass is 870 g/mol. The van der Waals surface area contributed by atoms with Gasteiger partial charge in [0.25, 0.3) is 0 Å². The van der Waals surface area contributed by atoms with Gasteiger partial charge in [0.15, 0.2) is 29.1 Å². The van der Waals surface area contributed by atoms with Crippen molar-refractivity contribution in [1.29, 1.82) is 0 Å². The van der Waals surface area contributed by atoms with Crippen LogP contribution in [0.25, 0.3) is 123 Å². The predicted molar refractivity (Wildman–Crippen MR) is 275 cm³/mol. The van der Waals surface area contributed by atoms with Crippen LogP contribution in [-0.2, 0) is 0 Å². The summed E-state index contributed by atoms with van der Waals surface area (Å²) < 4.78 is 4.60. The molecule has 0 radical (unpaired) electrons. The second kappa shape index (κ2) is 16.2. The van der Waals surface area contributed by atoms with E-state index < -0.39 is 0 Å². The van der Waals surface area contributed by atoms with E-state index in [1.54, 1.807) is 0 Å². The number of hydrogen-bond donors (Lipinski definition) is 0. The molecule has 68 heavy (non-hydrogen) atoms. The zero-order valence-corrected chi connectivity index (χ0v) is 36.5. The lowest BCUT2D eigenvalue weighted by molar-refractivity contribution is 0.953. The SMILES string of the molecule is c1ccc(-c2ccc(-c3nc(-c4cccc(-c5nc(-c6ccccc6)nc(-c6ccccc6)n5)c4)nc(-n4c5ccccc5c5ccc6c7ccccc7n(-c7ccccc7)c6c54)n3)cc2)cc1. The van der Waals surface area contributed by atoms with Gasteiger partial charge in [-0.25, -0.2) is 19.9 Å². The van der Waals surface area contributed by atoms with Gasteiger partial charge in [0.1, 0.15) is 0 Å². The maximum atomic E-state index is 5.44. The lowest BCUT2D eigenvalue weighted by Gasteiger charge is -2.14. The number of hydrogen-bond acceptors (Lipinski definition) is 6. The van der Waals surface area contributed by atoms with E-state index in [9.17, 15) is 0 Å². The van der Waals surface area contributed by atoms with E-state index in [2.05, 4.69) is 155 Å². The van der Waals surface area contributed by atoms with Crippen LogP contribution in [0.3, 0.4) is 0 Å². The molecule has 9 aromatic carbocycles. The molecule has 318 valence electrons. The summed E-state index contributed by atoms with van der Waals surface area (Å²) in [5.41, 5.74) is 11.8. The summed E-state index contributed by atoms with van der Waals surface area (Å²) in [4.78, 5) is 31.2. The average Bonchev–Trinajstić information content (AvgIpc) is 3.95. The number of aromatic nitrogens is 8. The van der Waals surface area contributed by atoms with E-state index >= 15 is 0 Å². The molecule has 13 aromatic rings. The van der Waals surface area contributed by atoms with Crippen molar-refractivity contribution in [3.8, 4) is 79.7 Å². The minimum Gasteiger partial charge on any atom is -0.307 e. The molecule has 0 aliphatic carbocycles. The van der Waals surface area contributed by atoms with Crippen molar-refractivity contribution in [2.75, 3.05) is 0 Å². The Kier molecular flexibility index (Phi) is 9.31. The summed E-state index contributed by atoms with van der Waals surface area (Å²) in [6.45, 7) is 0. The highest BCUT2D eigenvalue weighted by Gasteiger charge is 2.24. The smallest absolute Gasteiger partial charge is 0.238 e. The average molecular weight is 871 g/mol. The van der Waals surface area contributed by atoms with Crippen LogP contribution in [0, 0.1) is 0 Å². The summed E-state index contributed by atoms with van der Waals surface area (Å²) in [5.74, 6) is 3.30. The molecule has 0 unspecified atom stereocenters. The molecule has 8 heteroatoms. The van der Waals surface area contributed by atoms with Gasteiger partial charge in [-0.2, -0.15) is 9.97 Å². The molecule has 8 nitrogen and oxygen atoms in total. The molecule has 0 amide bonds. The summed E-state index contributed by atoms with van der Waals surface area (Å²) >= 11 is 0. The van der Waals surface area contributed by atoms with E-state index in [1.165, 1.54) is 5.39 Å². The zero-order chi connectivity index (χ0) is 45.0. The molecule has 0 bridgehead atoms. The van der Waals surface area contributed by atoms with Gasteiger partial charge in [-0.15, -0.1) is 0 Å². The lowest BCUT2D eigenvalue weighted by atomic mass is 10.0. The van der Waals surface area contributed by atoms with Gasteiger partial charge in [-0.1, -0.05) is 200 Å². The number of para-hydroxylation sites is 3. The molecule has 0 aliphatic heterocycles. The van der Waals surface area contributed by atoms with Crippen LogP contribution in [-0.4, -0.2) is 39.0 Å². The molecule has 13 rings (SSSR count). The number of fused-ring (bicyclic) bond motifs is 7. The van der Waals surface area contributed by atoms with Crippen molar-refractivity contribution in [3.05, 3.63) is 231 Å². The van der Waals surface area contributed by atoms with Crippen molar-refractivity contribution in [3.63, 3.8) is 0 Å². The highest BCUT2D eigenvalue weighted by Crippen LogP contribution is 2.42. The Bertz CT molecular complexity index is 3940. The second-order valence-electron chi connectivity index (χ2n) is 16.7. The standard InChI is InChI=1S/C60H38N8/c1-5-18-39(19-6-1)40-32-34-43(35-33-40)57-64-59(45-25-17-24-44(38-45)58-62-55(41-20-7-2-8-21-41)61-56(63-58)42-22-9-3-10-23-42)66-60(65-57)68-52-31-16-14-29-48(52)50-37-36-49-47-28-13-15-30-51(47)67(53(49)54(50)68)46-26-11-4-12-27-46/h1-38H. The van der Waals surface area contributed by atoms with E-state index in [0.717, 1.165) is 82.9 Å². The summed E-state index contributed by atoms with van der Waals surface area (Å²) in [6, 6.07) is 79.3. The fraction of sp³-hybridized carbons (Fsp3) is 0. The van der Waals surface area contributed by atoms with Crippen LogP contribution in [0.1, 0.15) is 0 Å². The van der Waals surface area contributed by atoms with Gasteiger partial charge in [-0.3, -0.25) is 4.57 Å². The summed E-state index contributed by atoms with van der Waals surface area (Å²) in [7, 11) is 0. The number of nitrogens with zero attached hydrogens (tertiary/aromatic N) is 8. The molecule has 0 aliphatic rings. The third-order valence-corrected chi connectivity index (χ3v) is 12.6. The molecule has 4 heterocycles. The highest BCUT2D eigenvalue weighted by atomic mass is 15.2. The number of rotatable bonds is 8. The van der Waals surface area contributed by atoms with Crippen molar-refractivity contribution in [1.82, 2.24) is 39.0 Å². The molecule has 4 aromatic heterocycles. The maximum absolute atomic E-state index is 5.44. The molecular formula is C60H38N8. The number of benzene rings is 9. The highest BCUT2D eigenvalue weighted by molar-refractivity contribution is 6.23. The van der Waals surface area contributed by atoms with Crippen LogP contribution in [0.15, 0.2) is 231 Å². The van der Waals surface area contributed by atoms with E-state index in [4.69, 9.17) is 29.9 Å². The van der Waals surface area contributed by atoms with Crippen molar-refractivity contribution in [2.45, 2.75) is 0 Å². The normalized spacial score (nSPS) is 11.5. The van der Waals surface area contributed by atoms with Gasteiger partial charge < -0.3 is 4.57 Å². The van der Waals surface area contributed by atoms with Crippen molar-refractivity contribution in [2.24, 2.45) is 0 Å². The predicted octanol–water partition coefficient (Wildman–Crippen LogP) is 14.3. The van der Waals surface area contributed by atoms with Crippen LogP contribution in [0.4, 0.5) is 0 Å². The fourth-order valence-electron chi connectivity index (χ4n) is 9.45. The van der Waals surface area contributed by atoms with Gasteiger partial charge in [0, 0.05) is 55.0 Å². The van der Waals surface area contributed by atoms with E-state index in [1.807, 2.05) is 84.9 Å². The van der Waals surface area contributed by atoms with E-state index in [-0.39, 0.29) is 0 Å². The molecule has 0 saturated heterocycles. The van der Waals surface area contributed by atoms with Gasteiger partial charge in [-0.05, 0) is 41.5 Å². The Morgan fingerprint density at radius 1 is 0.235 bits per heavy atom. The second-order valence-corrected chi connectivity index (χ2v) is 16.7. The quantitative estimate of drug-likeness (QED) is 0.151. The first-order valence-corrected chi connectivity index (χ1v) is 22.6. The molecular weight excluding hydrogens is 833 g/mol. The lowest BCUT2D eigenvalue weighted by Crippen LogP contribution is -2.07. The van der Waals surface area contributed by atoms with Crippen LogP contribution in [0.5, 0.6) is 0 Å². The largest absolute Gasteiger partial charge is 0.307 e. The van der Waals surface area contributed by atoms with Crippen molar-refractivity contribution < 1.29 is 0 Å². The molecule has 0 atom stereocenters. The van der Waals surface area contributed by atoms with Crippen LogP contribution < -0.4 is 0 Å². The third-order valence-electron chi connectivity index (χ3n) is 12.6.